The van der Waals surface area contributed by atoms with Crippen molar-refractivity contribution in [3.63, 3.8) is 0 Å². The first-order valence-corrected chi connectivity index (χ1v) is 6.66. The molecule has 1 aliphatic carbocycles. The third kappa shape index (κ3) is 2.50. The fourth-order valence-corrected chi connectivity index (χ4v) is 2.83. The van der Waals surface area contributed by atoms with Crippen LogP contribution in [0.1, 0.15) is 38.2 Å². The Bertz CT molecular complexity index is 444. The molecule has 0 radical (unpaired) electrons. The lowest BCUT2D eigenvalue weighted by Gasteiger charge is -2.13. The number of nitrogen functional groups attached to an aromatic ring is 1. The molecule has 2 rings (SSSR count). The molecule has 0 amide bonds. The highest BCUT2D eigenvalue weighted by Crippen LogP contribution is 2.57. The predicted molar refractivity (Wildman–Crippen MR) is 72.3 cm³/mol. The molecule has 2 atom stereocenters. The van der Waals surface area contributed by atoms with Gasteiger partial charge in [0.2, 0.25) is 0 Å². The molecule has 0 saturated heterocycles. The molecule has 18 heavy (non-hydrogen) atoms. The Morgan fingerprint density at radius 1 is 1.56 bits per heavy atom. The number of rotatable bonds is 6. The van der Waals surface area contributed by atoms with Crippen LogP contribution in [0.4, 0.5) is 5.69 Å². The second-order valence-electron chi connectivity index (χ2n) is 5.43. The molecule has 0 aliphatic heterocycles. The van der Waals surface area contributed by atoms with E-state index in [1.54, 1.807) is 0 Å². The van der Waals surface area contributed by atoms with Gasteiger partial charge in [-0.2, -0.15) is 0 Å². The minimum Gasteiger partial charge on any atom is -0.481 e. The number of hydrogen-bond acceptors (Lipinski definition) is 2. The summed E-state index contributed by atoms with van der Waals surface area (Å²) in [6.07, 6.45) is 4.71. The number of anilines is 1. The van der Waals surface area contributed by atoms with Crippen LogP contribution in [-0.4, -0.2) is 11.1 Å². The first-order chi connectivity index (χ1) is 8.58. The van der Waals surface area contributed by atoms with Gasteiger partial charge < -0.3 is 10.8 Å². The third-order valence-electron chi connectivity index (χ3n) is 4.03. The summed E-state index contributed by atoms with van der Waals surface area (Å²) in [7, 11) is 0. The number of carboxylic acid groups (broad SMARTS) is 1. The molecule has 1 saturated carbocycles. The molecule has 1 aliphatic rings. The monoisotopic (exact) mass is 247 g/mol. The lowest BCUT2D eigenvalue weighted by molar-refractivity contribution is -0.144. The average Bonchev–Trinajstić information content (AvgIpc) is 3.01. The van der Waals surface area contributed by atoms with Gasteiger partial charge >= 0.3 is 5.97 Å². The van der Waals surface area contributed by atoms with Crippen molar-refractivity contribution in [1.82, 2.24) is 0 Å². The zero-order valence-corrected chi connectivity index (χ0v) is 10.9. The molecule has 3 nitrogen and oxygen atoms in total. The third-order valence-corrected chi connectivity index (χ3v) is 4.03. The normalized spacial score (nSPS) is 25.9. The largest absolute Gasteiger partial charge is 0.481 e. The fourth-order valence-electron chi connectivity index (χ4n) is 2.83. The van der Waals surface area contributed by atoms with Gasteiger partial charge in [-0.25, -0.2) is 0 Å². The summed E-state index contributed by atoms with van der Waals surface area (Å²) >= 11 is 0. The quantitative estimate of drug-likeness (QED) is 0.759. The zero-order valence-electron chi connectivity index (χ0n) is 10.9. The van der Waals surface area contributed by atoms with E-state index in [0.717, 1.165) is 31.2 Å². The smallest absolute Gasteiger partial charge is 0.310 e. The maximum absolute atomic E-state index is 11.5. The second kappa shape index (κ2) is 5.01. The molecular formula is C15H21NO2. The topological polar surface area (TPSA) is 63.3 Å². The standard InChI is InChI=1S/C15H21NO2/c1-2-3-6-12-10-15(12,14(17)18)9-11-5-4-7-13(16)8-11/h4-5,7-8,12H,2-3,6,9-10,16H2,1H3,(H,17,18). The van der Waals surface area contributed by atoms with E-state index in [9.17, 15) is 9.90 Å². The minimum atomic E-state index is -0.647. The van der Waals surface area contributed by atoms with Gasteiger partial charge in [-0.15, -0.1) is 0 Å². The zero-order chi connectivity index (χ0) is 13.2. The van der Waals surface area contributed by atoms with Crippen molar-refractivity contribution in [1.29, 1.82) is 0 Å². The van der Waals surface area contributed by atoms with Crippen LogP contribution in [0, 0.1) is 11.3 Å². The van der Waals surface area contributed by atoms with E-state index >= 15 is 0 Å². The Balaban J connectivity index is 2.07. The molecule has 0 spiro atoms. The Morgan fingerprint density at radius 2 is 2.33 bits per heavy atom. The van der Waals surface area contributed by atoms with Crippen LogP contribution in [0.5, 0.6) is 0 Å². The minimum absolute atomic E-state index is 0.344. The van der Waals surface area contributed by atoms with Gasteiger partial charge in [0.25, 0.3) is 0 Å². The predicted octanol–water partition coefficient (Wildman–Crippen LogP) is 3.09. The van der Waals surface area contributed by atoms with E-state index in [4.69, 9.17) is 5.73 Å². The molecular weight excluding hydrogens is 226 g/mol. The number of aliphatic carboxylic acids is 1. The van der Waals surface area contributed by atoms with Crippen molar-refractivity contribution in [2.45, 2.75) is 39.0 Å². The number of benzene rings is 1. The summed E-state index contributed by atoms with van der Waals surface area (Å²) < 4.78 is 0. The van der Waals surface area contributed by atoms with E-state index in [1.165, 1.54) is 0 Å². The highest BCUT2D eigenvalue weighted by Gasteiger charge is 2.59. The first kappa shape index (κ1) is 12.9. The van der Waals surface area contributed by atoms with Gasteiger partial charge in [0, 0.05) is 5.69 Å². The first-order valence-electron chi connectivity index (χ1n) is 6.66. The molecule has 2 unspecified atom stereocenters. The number of nitrogens with two attached hydrogens (primary N) is 1. The maximum atomic E-state index is 11.5. The van der Waals surface area contributed by atoms with Gasteiger partial charge in [0.1, 0.15) is 0 Å². The van der Waals surface area contributed by atoms with Crippen LogP contribution in [-0.2, 0) is 11.2 Å². The van der Waals surface area contributed by atoms with E-state index in [1.807, 2.05) is 24.3 Å². The van der Waals surface area contributed by atoms with Gasteiger partial charge in [0.15, 0.2) is 0 Å². The summed E-state index contributed by atoms with van der Waals surface area (Å²) in [5.41, 5.74) is 6.96. The van der Waals surface area contributed by atoms with E-state index in [-0.39, 0.29) is 0 Å². The van der Waals surface area contributed by atoms with Gasteiger partial charge in [-0.05, 0) is 42.9 Å². The summed E-state index contributed by atoms with van der Waals surface area (Å²) in [4.78, 5) is 11.5. The molecule has 3 heteroatoms. The van der Waals surface area contributed by atoms with Crippen LogP contribution in [0.2, 0.25) is 0 Å². The molecule has 98 valence electrons. The summed E-state index contributed by atoms with van der Waals surface area (Å²) in [6, 6.07) is 7.58. The Hall–Kier alpha value is -1.51. The van der Waals surface area contributed by atoms with E-state index in [0.29, 0.717) is 18.0 Å². The molecule has 0 bridgehead atoms. The van der Waals surface area contributed by atoms with E-state index < -0.39 is 11.4 Å². The van der Waals surface area contributed by atoms with Crippen LogP contribution in [0.25, 0.3) is 0 Å². The second-order valence-corrected chi connectivity index (χ2v) is 5.43. The lowest BCUT2D eigenvalue weighted by atomic mass is 9.92. The number of carbonyl (C=O) groups is 1. The molecule has 1 fully saturated rings. The Kier molecular flexibility index (Phi) is 3.60. The molecule has 1 aromatic carbocycles. The maximum Gasteiger partial charge on any atom is 0.310 e. The Morgan fingerprint density at radius 3 is 2.94 bits per heavy atom. The van der Waals surface area contributed by atoms with Crippen LogP contribution in [0.3, 0.4) is 0 Å². The van der Waals surface area contributed by atoms with Crippen molar-refractivity contribution < 1.29 is 9.90 Å². The van der Waals surface area contributed by atoms with Crippen molar-refractivity contribution in [3.8, 4) is 0 Å². The van der Waals surface area contributed by atoms with E-state index in [2.05, 4.69) is 6.92 Å². The molecule has 3 N–H and O–H groups in total. The van der Waals surface area contributed by atoms with Crippen LogP contribution in [0.15, 0.2) is 24.3 Å². The number of unbranched alkanes of at least 4 members (excludes halogenated alkanes) is 1. The SMILES string of the molecule is CCCCC1CC1(Cc1cccc(N)c1)C(=O)O. The van der Waals surface area contributed by atoms with Crippen LogP contribution < -0.4 is 5.73 Å². The number of carboxylic acids is 1. The average molecular weight is 247 g/mol. The summed E-state index contributed by atoms with van der Waals surface area (Å²) in [5, 5.41) is 9.47. The molecule has 1 aromatic rings. The van der Waals surface area contributed by atoms with Crippen molar-refractivity contribution in [3.05, 3.63) is 29.8 Å². The fraction of sp³-hybridized carbons (Fsp3) is 0.533. The van der Waals surface area contributed by atoms with Crippen molar-refractivity contribution in [2.24, 2.45) is 11.3 Å². The highest BCUT2D eigenvalue weighted by molar-refractivity contribution is 5.79. The molecule has 0 aromatic heterocycles. The summed E-state index contributed by atoms with van der Waals surface area (Å²) in [6.45, 7) is 2.14. The van der Waals surface area contributed by atoms with Gasteiger partial charge in [-0.3, -0.25) is 4.79 Å². The summed E-state index contributed by atoms with van der Waals surface area (Å²) in [5.74, 6) is -0.303. The van der Waals surface area contributed by atoms with Crippen molar-refractivity contribution in [2.75, 3.05) is 5.73 Å². The van der Waals surface area contributed by atoms with Crippen molar-refractivity contribution >= 4 is 11.7 Å². The lowest BCUT2D eigenvalue weighted by Crippen LogP contribution is -2.20. The molecule has 0 heterocycles. The Labute approximate surface area is 108 Å². The van der Waals surface area contributed by atoms with Gasteiger partial charge in [-0.1, -0.05) is 31.9 Å². The number of hydrogen-bond donors (Lipinski definition) is 2. The van der Waals surface area contributed by atoms with Gasteiger partial charge in [0.05, 0.1) is 5.41 Å². The highest BCUT2D eigenvalue weighted by atomic mass is 16.4. The van der Waals surface area contributed by atoms with Crippen LogP contribution >= 0.6 is 0 Å².